The lowest BCUT2D eigenvalue weighted by atomic mass is 9.86. The van der Waals surface area contributed by atoms with Crippen LogP contribution in [-0.4, -0.2) is 35.3 Å². The molecule has 0 aliphatic carbocycles. The molecule has 4 nitrogen and oxygen atoms in total. The zero-order chi connectivity index (χ0) is 13.6. The van der Waals surface area contributed by atoms with Crippen LogP contribution in [0.1, 0.15) is 39.8 Å². The van der Waals surface area contributed by atoms with E-state index in [4.69, 9.17) is 4.74 Å². The van der Waals surface area contributed by atoms with Gasteiger partial charge in [-0.25, -0.2) is 9.97 Å². The highest BCUT2D eigenvalue weighted by Gasteiger charge is 2.49. The highest BCUT2D eigenvalue weighted by atomic mass is 16.5. The molecule has 4 heteroatoms. The topological polar surface area (TPSA) is 38.2 Å². The summed E-state index contributed by atoms with van der Waals surface area (Å²) in [6, 6.07) is 1.92. The van der Waals surface area contributed by atoms with Gasteiger partial charge in [0.25, 0.3) is 0 Å². The van der Waals surface area contributed by atoms with Crippen molar-refractivity contribution in [1.82, 2.24) is 9.97 Å². The molecule has 0 unspecified atom stereocenters. The van der Waals surface area contributed by atoms with Crippen molar-refractivity contribution in [3.63, 3.8) is 0 Å². The van der Waals surface area contributed by atoms with E-state index >= 15 is 0 Å². The van der Waals surface area contributed by atoms with E-state index in [1.807, 2.05) is 46.9 Å². The second kappa shape index (κ2) is 6.69. The van der Waals surface area contributed by atoms with E-state index in [1.54, 1.807) is 0 Å². The summed E-state index contributed by atoms with van der Waals surface area (Å²) < 4.78 is 5.54. The summed E-state index contributed by atoms with van der Waals surface area (Å²) in [5, 5.41) is 0. The van der Waals surface area contributed by atoms with Crippen molar-refractivity contribution in [2.75, 3.05) is 24.6 Å². The van der Waals surface area contributed by atoms with Gasteiger partial charge >= 0.3 is 0 Å². The Labute approximate surface area is 110 Å². The maximum atomic E-state index is 5.54. The Hall–Kier alpha value is -1.16. The molecule has 2 saturated heterocycles. The molecule has 0 radical (unpaired) electrons. The number of rotatable bonds is 1. The fourth-order valence-corrected chi connectivity index (χ4v) is 2.02. The van der Waals surface area contributed by atoms with Crippen LogP contribution in [-0.2, 0) is 4.74 Å². The van der Waals surface area contributed by atoms with E-state index < -0.39 is 0 Å². The highest BCUT2D eigenvalue weighted by molar-refractivity contribution is 5.38. The van der Waals surface area contributed by atoms with Crippen molar-refractivity contribution >= 4 is 5.95 Å². The van der Waals surface area contributed by atoms with Gasteiger partial charge in [0, 0.05) is 18.3 Å². The maximum absolute atomic E-state index is 5.54. The summed E-state index contributed by atoms with van der Waals surface area (Å²) >= 11 is 0. The number of hydrogen-bond acceptors (Lipinski definition) is 4. The van der Waals surface area contributed by atoms with Gasteiger partial charge in [-0.3, -0.25) is 0 Å². The molecule has 18 heavy (non-hydrogen) atoms. The van der Waals surface area contributed by atoms with Gasteiger partial charge in [0.2, 0.25) is 5.95 Å². The quantitative estimate of drug-likeness (QED) is 0.769. The zero-order valence-corrected chi connectivity index (χ0v) is 12.2. The minimum Gasteiger partial charge on any atom is -0.371 e. The van der Waals surface area contributed by atoms with Crippen LogP contribution < -0.4 is 4.90 Å². The van der Waals surface area contributed by atoms with E-state index in [1.165, 1.54) is 6.42 Å². The predicted octanol–water partition coefficient (Wildman–Crippen LogP) is 2.82. The smallest absolute Gasteiger partial charge is 0.225 e. The normalized spacial score (nSPS) is 18.6. The Morgan fingerprint density at radius 3 is 2.28 bits per heavy atom. The summed E-state index contributed by atoms with van der Waals surface area (Å²) in [6.45, 7) is 12.8. The minimum absolute atomic E-state index is 0.160. The van der Waals surface area contributed by atoms with Gasteiger partial charge in [0.1, 0.15) is 5.60 Å². The van der Waals surface area contributed by atoms with Crippen LogP contribution in [0.15, 0.2) is 12.3 Å². The van der Waals surface area contributed by atoms with Crippen molar-refractivity contribution in [3.05, 3.63) is 18.0 Å². The average Bonchev–Trinajstić information content (AvgIpc) is 2.31. The SMILES string of the molecule is CC.CC.Cc1ccnc(N2CC3(CCO3)C2)n1. The van der Waals surface area contributed by atoms with Crippen LogP contribution in [0.3, 0.4) is 0 Å². The summed E-state index contributed by atoms with van der Waals surface area (Å²) in [5.41, 5.74) is 1.18. The van der Waals surface area contributed by atoms with E-state index in [9.17, 15) is 0 Å². The van der Waals surface area contributed by atoms with Crippen molar-refractivity contribution < 1.29 is 4.74 Å². The fraction of sp³-hybridized carbons (Fsp3) is 0.714. The third kappa shape index (κ3) is 2.99. The first kappa shape index (κ1) is 14.9. The van der Waals surface area contributed by atoms with Gasteiger partial charge in [-0.1, -0.05) is 27.7 Å². The van der Waals surface area contributed by atoms with Crippen LogP contribution in [0, 0.1) is 6.92 Å². The van der Waals surface area contributed by atoms with Crippen molar-refractivity contribution in [2.45, 2.75) is 46.6 Å². The first-order valence-corrected chi connectivity index (χ1v) is 6.96. The van der Waals surface area contributed by atoms with Gasteiger partial charge in [-0.05, 0) is 13.0 Å². The molecule has 2 aliphatic heterocycles. The van der Waals surface area contributed by atoms with Crippen LogP contribution in [0.25, 0.3) is 0 Å². The second-order valence-electron chi connectivity index (χ2n) is 4.14. The summed E-state index contributed by atoms with van der Waals surface area (Å²) in [5.74, 6) is 0.839. The molecule has 0 N–H and O–H groups in total. The first-order valence-electron chi connectivity index (χ1n) is 6.96. The lowest BCUT2D eigenvalue weighted by Crippen LogP contribution is -2.68. The lowest BCUT2D eigenvalue weighted by molar-refractivity contribution is -0.161. The van der Waals surface area contributed by atoms with Crippen LogP contribution in [0.2, 0.25) is 0 Å². The molecule has 0 saturated carbocycles. The summed E-state index contributed by atoms with van der Waals surface area (Å²) in [7, 11) is 0. The molecule has 102 valence electrons. The monoisotopic (exact) mass is 251 g/mol. The van der Waals surface area contributed by atoms with E-state index in [0.29, 0.717) is 0 Å². The number of anilines is 1. The molecule has 1 aromatic heterocycles. The Morgan fingerprint density at radius 1 is 1.22 bits per heavy atom. The van der Waals surface area contributed by atoms with E-state index in [0.717, 1.165) is 31.3 Å². The number of aromatic nitrogens is 2. The van der Waals surface area contributed by atoms with Crippen LogP contribution in [0.4, 0.5) is 5.95 Å². The van der Waals surface area contributed by atoms with Crippen molar-refractivity contribution in [3.8, 4) is 0 Å². The molecular formula is C14H25N3O. The molecule has 2 fully saturated rings. The van der Waals surface area contributed by atoms with Crippen LogP contribution in [0.5, 0.6) is 0 Å². The second-order valence-corrected chi connectivity index (χ2v) is 4.14. The highest BCUT2D eigenvalue weighted by Crippen LogP contribution is 2.37. The molecule has 1 spiro atoms. The van der Waals surface area contributed by atoms with E-state index in [2.05, 4.69) is 14.9 Å². The Morgan fingerprint density at radius 2 is 1.83 bits per heavy atom. The number of nitrogens with zero attached hydrogens (tertiary/aromatic N) is 3. The summed E-state index contributed by atoms with van der Waals surface area (Å²) in [6.07, 6.45) is 3.00. The third-order valence-electron chi connectivity index (χ3n) is 2.99. The van der Waals surface area contributed by atoms with Crippen LogP contribution >= 0.6 is 0 Å². The Bertz CT molecular complexity index is 356. The molecule has 2 aliphatic rings. The molecule has 0 atom stereocenters. The molecule has 3 rings (SSSR count). The van der Waals surface area contributed by atoms with Gasteiger partial charge in [0.15, 0.2) is 0 Å². The Kier molecular flexibility index (Phi) is 5.54. The molecule has 0 aromatic carbocycles. The largest absolute Gasteiger partial charge is 0.371 e. The van der Waals surface area contributed by atoms with Gasteiger partial charge < -0.3 is 9.64 Å². The summed E-state index contributed by atoms with van der Waals surface area (Å²) in [4.78, 5) is 10.8. The molecule has 1 aromatic rings. The average molecular weight is 251 g/mol. The third-order valence-corrected chi connectivity index (χ3v) is 2.99. The molecule has 0 bridgehead atoms. The zero-order valence-electron chi connectivity index (χ0n) is 12.2. The molecular weight excluding hydrogens is 226 g/mol. The standard InChI is InChI=1S/C10H13N3O.2C2H6/c1-8-2-4-11-9(12-8)13-6-10(7-13)3-5-14-10;2*1-2/h2,4H,3,5-7H2,1H3;2*1-2H3. The maximum Gasteiger partial charge on any atom is 0.225 e. The number of aryl methyl sites for hydroxylation is 1. The van der Waals surface area contributed by atoms with Crippen molar-refractivity contribution in [1.29, 1.82) is 0 Å². The van der Waals surface area contributed by atoms with Gasteiger partial charge in [0.05, 0.1) is 19.7 Å². The van der Waals surface area contributed by atoms with Gasteiger partial charge in [-0.15, -0.1) is 0 Å². The molecule has 3 heterocycles. The minimum atomic E-state index is 0.160. The number of ether oxygens (including phenoxy) is 1. The van der Waals surface area contributed by atoms with Gasteiger partial charge in [-0.2, -0.15) is 0 Å². The Balaban J connectivity index is 0.000000371. The molecule has 0 amide bonds. The fourth-order valence-electron chi connectivity index (χ4n) is 2.02. The van der Waals surface area contributed by atoms with E-state index in [-0.39, 0.29) is 5.60 Å². The van der Waals surface area contributed by atoms with Crippen molar-refractivity contribution in [2.24, 2.45) is 0 Å². The lowest BCUT2D eigenvalue weighted by Gasteiger charge is -2.54. The predicted molar refractivity (Wildman–Crippen MR) is 75.0 cm³/mol. The first-order chi connectivity index (χ1) is 8.77. The number of hydrogen-bond donors (Lipinski definition) is 0.